The molecule has 2 aromatic rings. The molecule has 2 amide bonds. The molecule has 3 unspecified atom stereocenters. The number of halogens is 2. The molecule has 1 saturated carbocycles. The first-order valence-corrected chi connectivity index (χ1v) is 17.5. The van der Waals surface area contributed by atoms with Crippen LogP contribution in [0.25, 0.3) is 5.65 Å². The van der Waals surface area contributed by atoms with Crippen LogP contribution in [-0.4, -0.2) is 118 Å². The molecule has 4 fully saturated rings. The van der Waals surface area contributed by atoms with Crippen LogP contribution in [0.5, 0.6) is 0 Å². The monoisotopic (exact) mass is 643 g/mol. The molecule has 11 nitrogen and oxygen atoms in total. The number of rotatable bonds is 4. The Morgan fingerprint density at radius 3 is 2.26 bits per heavy atom. The number of fused-ring (bicyclic) bond motifs is 1. The number of likely N-dealkylation sites (tertiary alicyclic amines) is 1. The molecule has 0 bridgehead atoms. The lowest BCUT2D eigenvalue weighted by molar-refractivity contribution is -0.139. The molecule has 46 heavy (non-hydrogen) atoms. The first-order valence-electron chi connectivity index (χ1n) is 17.5. The second-order valence-electron chi connectivity index (χ2n) is 14.1. The Morgan fingerprint density at radius 2 is 1.61 bits per heavy atom. The van der Waals surface area contributed by atoms with Crippen molar-refractivity contribution in [1.29, 1.82) is 0 Å². The number of carbonyl (C=O) groups is 2. The number of hydrogen-bond acceptors (Lipinski definition) is 8. The zero-order chi connectivity index (χ0) is 32.3. The molecule has 5 heterocycles. The van der Waals surface area contributed by atoms with E-state index in [-0.39, 0.29) is 28.9 Å². The zero-order valence-electron chi connectivity index (χ0n) is 27.2. The van der Waals surface area contributed by atoms with Crippen molar-refractivity contribution < 1.29 is 18.4 Å². The number of carbonyl (C=O) groups excluding carboxylic acids is 2. The lowest BCUT2D eigenvalue weighted by atomic mass is 9.74. The van der Waals surface area contributed by atoms with Gasteiger partial charge in [0.15, 0.2) is 17.3 Å². The van der Waals surface area contributed by atoms with Gasteiger partial charge in [-0.25, -0.2) is 18.3 Å². The summed E-state index contributed by atoms with van der Waals surface area (Å²) in [6.45, 7) is 4.87. The van der Waals surface area contributed by atoms with E-state index in [0.29, 0.717) is 32.5 Å². The minimum Gasteiger partial charge on any atom is -0.381 e. The maximum absolute atomic E-state index is 17.4. The molecule has 0 aromatic carbocycles. The van der Waals surface area contributed by atoms with Gasteiger partial charge in [0.1, 0.15) is 11.7 Å². The minimum absolute atomic E-state index is 0.0564. The molecular formula is C33H51F2N9O2. The third kappa shape index (κ3) is 7.01. The van der Waals surface area contributed by atoms with Gasteiger partial charge in [0, 0.05) is 38.6 Å². The summed E-state index contributed by atoms with van der Waals surface area (Å²) in [7, 11) is 2.08. The van der Waals surface area contributed by atoms with E-state index < -0.39 is 35.5 Å². The molecule has 13 heteroatoms. The maximum Gasteiger partial charge on any atom is 0.259 e. The highest BCUT2D eigenvalue weighted by Gasteiger charge is 2.52. The third-order valence-corrected chi connectivity index (χ3v) is 11.0. The van der Waals surface area contributed by atoms with Crippen molar-refractivity contribution in [1.82, 2.24) is 39.9 Å². The van der Waals surface area contributed by atoms with Crippen LogP contribution in [-0.2, 0) is 4.79 Å². The van der Waals surface area contributed by atoms with Crippen LogP contribution in [0, 0.1) is 11.7 Å². The molecule has 4 N–H and O–H groups in total. The summed E-state index contributed by atoms with van der Waals surface area (Å²) in [4.78, 5) is 37.6. The average molecular weight is 644 g/mol. The Morgan fingerprint density at radius 1 is 0.978 bits per heavy atom. The van der Waals surface area contributed by atoms with Crippen molar-refractivity contribution in [3.05, 3.63) is 23.8 Å². The van der Waals surface area contributed by atoms with E-state index in [1.807, 2.05) is 4.90 Å². The second-order valence-corrected chi connectivity index (χ2v) is 14.1. The van der Waals surface area contributed by atoms with E-state index >= 15 is 4.39 Å². The summed E-state index contributed by atoms with van der Waals surface area (Å²) in [6.07, 6.45) is 12.8. The second kappa shape index (κ2) is 14.5. The summed E-state index contributed by atoms with van der Waals surface area (Å²) < 4.78 is 32.4. The van der Waals surface area contributed by atoms with Crippen molar-refractivity contribution >= 4 is 23.3 Å². The van der Waals surface area contributed by atoms with Crippen LogP contribution in [0.4, 0.5) is 14.6 Å². The first kappa shape index (κ1) is 33.0. The van der Waals surface area contributed by atoms with Crippen molar-refractivity contribution in [3.8, 4) is 0 Å². The van der Waals surface area contributed by atoms with E-state index in [0.717, 1.165) is 81.6 Å². The summed E-state index contributed by atoms with van der Waals surface area (Å²) in [5.74, 6) is -1.01. The van der Waals surface area contributed by atoms with Gasteiger partial charge in [-0.3, -0.25) is 14.5 Å². The van der Waals surface area contributed by atoms with E-state index in [4.69, 9.17) is 5.73 Å². The number of amides is 2. The fourth-order valence-corrected chi connectivity index (χ4v) is 8.27. The molecule has 254 valence electrons. The van der Waals surface area contributed by atoms with Crippen LogP contribution < -0.4 is 16.4 Å². The number of likely N-dealkylation sites (N-methyl/N-ethyl adjacent to an activating group) is 1. The highest BCUT2D eigenvalue weighted by Crippen LogP contribution is 2.38. The number of piperidine rings is 2. The number of alkyl halides is 1. The van der Waals surface area contributed by atoms with E-state index in [1.54, 1.807) is 0 Å². The molecule has 0 radical (unpaired) electrons. The third-order valence-electron chi connectivity index (χ3n) is 11.0. The van der Waals surface area contributed by atoms with Gasteiger partial charge in [0.05, 0.1) is 30.0 Å². The van der Waals surface area contributed by atoms with E-state index in [9.17, 15) is 14.0 Å². The van der Waals surface area contributed by atoms with Gasteiger partial charge in [0.25, 0.3) is 5.91 Å². The average Bonchev–Trinajstić information content (AvgIpc) is 3.35. The van der Waals surface area contributed by atoms with Gasteiger partial charge in [-0.1, -0.05) is 51.4 Å². The smallest absolute Gasteiger partial charge is 0.259 e. The number of anilines is 1. The quantitative estimate of drug-likeness (QED) is 0.465. The number of nitrogen functional groups attached to an aromatic ring is 1. The van der Waals surface area contributed by atoms with E-state index in [1.165, 1.54) is 25.7 Å². The van der Waals surface area contributed by atoms with Gasteiger partial charge in [-0.15, -0.1) is 5.10 Å². The topological polar surface area (TPSA) is 124 Å². The number of nitrogens with one attached hydrogen (secondary N) is 2. The number of aromatic nitrogens is 3. The highest BCUT2D eigenvalue weighted by molar-refractivity contribution is 6.04. The summed E-state index contributed by atoms with van der Waals surface area (Å²) in [5, 5.41) is 10.8. The first-order chi connectivity index (χ1) is 22.3. The maximum atomic E-state index is 17.4. The normalized spacial score (nSPS) is 27.8. The minimum atomic E-state index is -1.22. The highest BCUT2D eigenvalue weighted by atomic mass is 19.1. The predicted octanol–water partition coefficient (Wildman–Crippen LogP) is 3.00. The van der Waals surface area contributed by atoms with Crippen molar-refractivity contribution in [2.75, 3.05) is 58.6 Å². The molecule has 3 saturated heterocycles. The van der Waals surface area contributed by atoms with Crippen molar-refractivity contribution in [2.24, 2.45) is 5.92 Å². The predicted molar refractivity (Wildman–Crippen MR) is 173 cm³/mol. The molecular weight excluding hydrogens is 592 g/mol. The fourth-order valence-electron chi connectivity index (χ4n) is 8.27. The molecule has 3 aliphatic heterocycles. The Kier molecular flexibility index (Phi) is 10.4. The molecule has 3 atom stereocenters. The van der Waals surface area contributed by atoms with Gasteiger partial charge in [0.2, 0.25) is 5.91 Å². The number of piperazine rings is 1. The molecule has 2 aromatic heterocycles. The van der Waals surface area contributed by atoms with Gasteiger partial charge in [-0.2, -0.15) is 0 Å². The Hall–Kier alpha value is -2.90. The SMILES string of the molecule is CN1CCN(C(=O)C2CCN(C3C(NC(=O)c4c(N)nn5cc(F)cnc45)CNC4(CCCCCCCCCC4)C3F)CC2)CC1. The largest absolute Gasteiger partial charge is 0.381 e. The van der Waals surface area contributed by atoms with Crippen LogP contribution in [0.15, 0.2) is 12.4 Å². The van der Waals surface area contributed by atoms with Gasteiger partial charge < -0.3 is 26.2 Å². The molecule has 6 rings (SSSR count). The standard InChI is InChI=1S/C33H51F2N9O2/c1-41-16-18-43(19-17-41)32(46)23-10-14-42(15-11-23)27-25(39-31(45)26-29(36)40-44-22-24(34)20-37-30(26)44)21-38-33(28(27)35)12-8-6-4-2-3-5-7-9-13-33/h20,22-23,25,27-28,38H,2-19,21H2,1H3,(H2,36,40)(H,39,45). The molecule has 4 aliphatic rings. The lowest BCUT2D eigenvalue weighted by Gasteiger charge is -2.53. The van der Waals surface area contributed by atoms with Crippen LogP contribution in [0.2, 0.25) is 0 Å². The van der Waals surface area contributed by atoms with Crippen LogP contribution >= 0.6 is 0 Å². The summed E-state index contributed by atoms with van der Waals surface area (Å²) >= 11 is 0. The van der Waals surface area contributed by atoms with Crippen molar-refractivity contribution in [3.63, 3.8) is 0 Å². The van der Waals surface area contributed by atoms with Gasteiger partial charge >= 0.3 is 0 Å². The summed E-state index contributed by atoms with van der Waals surface area (Å²) in [5.41, 5.74) is 5.66. The Balaban J connectivity index is 1.22. The number of nitrogens with two attached hydrogens (primary N) is 1. The molecule has 1 aliphatic carbocycles. The lowest BCUT2D eigenvalue weighted by Crippen LogP contribution is -2.73. The Labute approximate surface area is 270 Å². The summed E-state index contributed by atoms with van der Waals surface area (Å²) in [6, 6.07) is -1.12. The van der Waals surface area contributed by atoms with Crippen LogP contribution in [0.1, 0.15) is 87.4 Å². The van der Waals surface area contributed by atoms with Crippen LogP contribution in [0.3, 0.4) is 0 Å². The van der Waals surface area contributed by atoms with Crippen molar-refractivity contribution in [2.45, 2.75) is 101 Å². The molecule has 1 spiro atoms. The fraction of sp³-hybridized carbons (Fsp3) is 0.758. The number of hydrogen-bond donors (Lipinski definition) is 3. The number of nitrogens with zero attached hydrogens (tertiary/aromatic N) is 6. The Bertz CT molecular complexity index is 1340. The zero-order valence-corrected chi connectivity index (χ0v) is 27.2. The van der Waals surface area contributed by atoms with E-state index in [2.05, 4.69) is 37.6 Å². The van der Waals surface area contributed by atoms with Gasteiger partial charge in [-0.05, 0) is 45.8 Å².